The zero-order valence-corrected chi connectivity index (χ0v) is 14.3. The molecule has 0 radical (unpaired) electrons. The standard InChI is InChI=1S/C18H13BrO5/c1-2-22-18(21)16-10-12(20)17-14(8-5-9-15(17)24-16)23-13-7-4-3-6-11(13)19/h3-10H,2H2,1H3. The van der Waals surface area contributed by atoms with Crippen LogP contribution < -0.4 is 10.2 Å². The number of ether oxygens (including phenoxy) is 2. The molecule has 0 aliphatic carbocycles. The number of rotatable bonds is 4. The number of carbonyl (C=O) groups is 1. The van der Waals surface area contributed by atoms with E-state index in [1.807, 2.05) is 18.2 Å². The molecule has 0 bridgehead atoms. The molecule has 0 atom stereocenters. The number of esters is 1. The van der Waals surface area contributed by atoms with Gasteiger partial charge in [0.05, 0.1) is 11.1 Å². The maximum absolute atomic E-state index is 12.4. The molecule has 0 N–H and O–H groups in total. The Kier molecular flexibility index (Phi) is 4.66. The van der Waals surface area contributed by atoms with Crippen molar-refractivity contribution in [3.63, 3.8) is 0 Å². The SMILES string of the molecule is CCOC(=O)c1cc(=O)c2c(Oc3ccccc3Br)cccc2o1. The third kappa shape index (κ3) is 3.19. The Hall–Kier alpha value is -2.60. The third-order valence-electron chi connectivity index (χ3n) is 3.25. The number of carbonyl (C=O) groups excluding carboxylic acids is 1. The lowest BCUT2D eigenvalue weighted by atomic mass is 10.2. The highest BCUT2D eigenvalue weighted by molar-refractivity contribution is 9.10. The van der Waals surface area contributed by atoms with Gasteiger partial charge in [0.1, 0.15) is 22.5 Å². The van der Waals surface area contributed by atoms with Crippen molar-refractivity contribution in [1.82, 2.24) is 0 Å². The summed E-state index contributed by atoms with van der Waals surface area (Å²) in [4.78, 5) is 24.2. The smallest absolute Gasteiger partial charge is 0.374 e. The van der Waals surface area contributed by atoms with Gasteiger partial charge in [-0.05, 0) is 47.1 Å². The number of hydrogen-bond acceptors (Lipinski definition) is 5. The second-order valence-electron chi connectivity index (χ2n) is 4.86. The molecule has 0 saturated carbocycles. The van der Waals surface area contributed by atoms with Crippen molar-refractivity contribution >= 4 is 32.9 Å². The van der Waals surface area contributed by atoms with Crippen LogP contribution in [0, 0.1) is 0 Å². The van der Waals surface area contributed by atoms with Gasteiger partial charge < -0.3 is 13.9 Å². The lowest BCUT2D eigenvalue weighted by molar-refractivity contribution is 0.0490. The number of halogens is 1. The first-order valence-electron chi connectivity index (χ1n) is 7.26. The molecule has 0 fully saturated rings. The van der Waals surface area contributed by atoms with Gasteiger partial charge >= 0.3 is 5.97 Å². The zero-order valence-electron chi connectivity index (χ0n) is 12.7. The molecule has 1 heterocycles. The fourth-order valence-corrected chi connectivity index (χ4v) is 2.58. The molecule has 0 spiro atoms. The van der Waals surface area contributed by atoms with E-state index in [0.717, 1.165) is 10.5 Å². The van der Waals surface area contributed by atoms with Crippen LogP contribution in [0.4, 0.5) is 0 Å². The number of fused-ring (bicyclic) bond motifs is 1. The molecule has 2 aromatic carbocycles. The molecule has 0 amide bonds. The minimum Gasteiger partial charge on any atom is -0.460 e. The molecule has 5 nitrogen and oxygen atoms in total. The zero-order chi connectivity index (χ0) is 17.1. The molecule has 122 valence electrons. The Morgan fingerprint density at radius 1 is 1.12 bits per heavy atom. The maximum atomic E-state index is 12.4. The summed E-state index contributed by atoms with van der Waals surface area (Å²) in [6.07, 6.45) is 0. The number of benzene rings is 2. The van der Waals surface area contributed by atoms with Crippen molar-refractivity contribution in [2.24, 2.45) is 0 Å². The summed E-state index contributed by atoms with van der Waals surface area (Å²) in [6, 6.07) is 13.4. The van der Waals surface area contributed by atoms with Gasteiger partial charge in [-0.25, -0.2) is 4.79 Å². The van der Waals surface area contributed by atoms with Crippen molar-refractivity contribution in [2.75, 3.05) is 6.61 Å². The molecule has 3 aromatic rings. The molecule has 0 saturated heterocycles. The van der Waals surface area contributed by atoms with Gasteiger partial charge in [-0.15, -0.1) is 0 Å². The fourth-order valence-electron chi connectivity index (χ4n) is 2.21. The third-order valence-corrected chi connectivity index (χ3v) is 3.90. The van der Waals surface area contributed by atoms with E-state index in [4.69, 9.17) is 13.9 Å². The summed E-state index contributed by atoms with van der Waals surface area (Å²) in [7, 11) is 0. The molecular weight excluding hydrogens is 376 g/mol. The Morgan fingerprint density at radius 2 is 1.88 bits per heavy atom. The summed E-state index contributed by atoms with van der Waals surface area (Å²) in [5, 5.41) is 0.265. The summed E-state index contributed by atoms with van der Waals surface area (Å²) in [5.74, 6) is 0.114. The fraction of sp³-hybridized carbons (Fsp3) is 0.111. The van der Waals surface area contributed by atoms with E-state index < -0.39 is 5.97 Å². The lowest BCUT2D eigenvalue weighted by Gasteiger charge is -2.10. The topological polar surface area (TPSA) is 65.7 Å². The van der Waals surface area contributed by atoms with Crippen LogP contribution in [0.25, 0.3) is 11.0 Å². The number of para-hydroxylation sites is 1. The van der Waals surface area contributed by atoms with Gasteiger partial charge in [-0.1, -0.05) is 18.2 Å². The molecular formula is C18H13BrO5. The van der Waals surface area contributed by atoms with Crippen LogP contribution >= 0.6 is 15.9 Å². The van der Waals surface area contributed by atoms with Crippen molar-refractivity contribution in [1.29, 1.82) is 0 Å². The molecule has 3 rings (SSSR count). The quantitative estimate of drug-likeness (QED) is 0.614. The summed E-state index contributed by atoms with van der Waals surface area (Å²) in [5.41, 5.74) is -0.114. The summed E-state index contributed by atoms with van der Waals surface area (Å²) < 4.78 is 17.0. The van der Waals surface area contributed by atoms with Crippen molar-refractivity contribution in [3.8, 4) is 11.5 Å². The highest BCUT2D eigenvalue weighted by atomic mass is 79.9. The Balaban J connectivity index is 2.09. The van der Waals surface area contributed by atoms with Gasteiger partial charge in [-0.3, -0.25) is 4.79 Å². The first-order chi connectivity index (χ1) is 11.6. The van der Waals surface area contributed by atoms with Gasteiger partial charge in [0.25, 0.3) is 0 Å². The minimum atomic E-state index is -0.673. The Labute approximate surface area is 145 Å². The van der Waals surface area contributed by atoms with E-state index in [9.17, 15) is 9.59 Å². The van der Waals surface area contributed by atoms with E-state index in [1.165, 1.54) is 0 Å². The maximum Gasteiger partial charge on any atom is 0.374 e. The van der Waals surface area contributed by atoms with Crippen LogP contribution in [0.15, 0.2) is 62.2 Å². The highest BCUT2D eigenvalue weighted by Crippen LogP contribution is 2.32. The van der Waals surface area contributed by atoms with E-state index in [2.05, 4.69) is 15.9 Å². The molecule has 1 aromatic heterocycles. The van der Waals surface area contributed by atoms with Gasteiger partial charge in [0.15, 0.2) is 5.43 Å². The van der Waals surface area contributed by atoms with Gasteiger partial charge in [0.2, 0.25) is 5.76 Å². The summed E-state index contributed by atoms with van der Waals surface area (Å²) in [6.45, 7) is 1.88. The average Bonchev–Trinajstić information content (AvgIpc) is 2.57. The van der Waals surface area contributed by atoms with Crippen molar-refractivity contribution in [3.05, 3.63) is 69.0 Å². The van der Waals surface area contributed by atoms with Crippen molar-refractivity contribution < 1.29 is 18.7 Å². The predicted octanol–water partition coefficient (Wildman–Crippen LogP) is 4.52. The van der Waals surface area contributed by atoms with Gasteiger partial charge in [-0.2, -0.15) is 0 Å². The van der Waals surface area contributed by atoms with E-state index in [0.29, 0.717) is 11.5 Å². The van der Waals surface area contributed by atoms with Crippen LogP contribution in [-0.4, -0.2) is 12.6 Å². The van der Waals surface area contributed by atoms with E-state index in [-0.39, 0.29) is 28.8 Å². The van der Waals surface area contributed by atoms with Crippen LogP contribution in [0.2, 0.25) is 0 Å². The van der Waals surface area contributed by atoms with E-state index in [1.54, 1.807) is 31.2 Å². The van der Waals surface area contributed by atoms with Gasteiger partial charge in [0, 0.05) is 6.07 Å². The average molecular weight is 389 g/mol. The second-order valence-corrected chi connectivity index (χ2v) is 5.71. The normalized spacial score (nSPS) is 10.6. The molecule has 24 heavy (non-hydrogen) atoms. The largest absolute Gasteiger partial charge is 0.460 e. The molecule has 6 heteroatoms. The first kappa shape index (κ1) is 16.3. The first-order valence-corrected chi connectivity index (χ1v) is 8.06. The van der Waals surface area contributed by atoms with E-state index >= 15 is 0 Å². The second kappa shape index (κ2) is 6.88. The van der Waals surface area contributed by atoms with Crippen LogP contribution in [0.3, 0.4) is 0 Å². The Morgan fingerprint density at radius 3 is 2.62 bits per heavy atom. The van der Waals surface area contributed by atoms with Crippen molar-refractivity contribution in [2.45, 2.75) is 6.92 Å². The van der Waals surface area contributed by atoms with Crippen LogP contribution in [-0.2, 0) is 4.74 Å². The van der Waals surface area contributed by atoms with Crippen LogP contribution in [0.5, 0.6) is 11.5 Å². The van der Waals surface area contributed by atoms with Crippen LogP contribution in [0.1, 0.15) is 17.5 Å². The molecule has 0 unspecified atom stereocenters. The minimum absolute atomic E-state index is 0.132. The predicted molar refractivity (Wildman–Crippen MR) is 92.7 cm³/mol. The highest BCUT2D eigenvalue weighted by Gasteiger charge is 2.16. The molecule has 0 aliphatic rings. The monoisotopic (exact) mass is 388 g/mol. The Bertz CT molecular complexity index is 961. The lowest BCUT2D eigenvalue weighted by Crippen LogP contribution is -2.10. The summed E-state index contributed by atoms with van der Waals surface area (Å²) >= 11 is 3.40. The number of hydrogen-bond donors (Lipinski definition) is 0. The molecule has 0 aliphatic heterocycles.